The fraction of sp³-hybridized carbons (Fsp3) is 0.286. The number of ketones is 1. The lowest BCUT2D eigenvalue weighted by molar-refractivity contribution is 0.104. The van der Waals surface area contributed by atoms with Gasteiger partial charge < -0.3 is 23.7 Å². The molecule has 0 fully saturated rings. The van der Waals surface area contributed by atoms with Gasteiger partial charge in [-0.05, 0) is 42.0 Å². The Morgan fingerprint density at radius 1 is 0.852 bits per heavy atom. The van der Waals surface area contributed by atoms with E-state index in [1.165, 1.54) is 6.08 Å². The maximum Gasteiger partial charge on any atom is 0.203 e. The summed E-state index contributed by atoms with van der Waals surface area (Å²) in [5, 5.41) is 0. The first-order valence-electron chi connectivity index (χ1n) is 8.26. The smallest absolute Gasteiger partial charge is 0.203 e. The van der Waals surface area contributed by atoms with Crippen LogP contribution >= 0.6 is 0 Å². The summed E-state index contributed by atoms with van der Waals surface area (Å²) in [4.78, 5) is 12.6. The van der Waals surface area contributed by atoms with Crippen molar-refractivity contribution in [1.29, 1.82) is 0 Å². The molecule has 0 atom stereocenters. The highest BCUT2D eigenvalue weighted by molar-refractivity contribution is 6.07. The molecule has 0 aliphatic rings. The van der Waals surface area contributed by atoms with E-state index >= 15 is 0 Å². The van der Waals surface area contributed by atoms with Crippen molar-refractivity contribution in [3.05, 3.63) is 53.1 Å². The molecule has 27 heavy (non-hydrogen) atoms. The molecule has 0 radical (unpaired) electrons. The first-order valence-corrected chi connectivity index (χ1v) is 8.26. The lowest BCUT2D eigenvalue weighted by atomic mass is 10.0. The molecule has 0 aliphatic heterocycles. The summed E-state index contributed by atoms with van der Waals surface area (Å²) < 4.78 is 26.4. The van der Waals surface area contributed by atoms with E-state index in [2.05, 4.69) is 0 Å². The van der Waals surface area contributed by atoms with E-state index in [-0.39, 0.29) is 5.78 Å². The van der Waals surface area contributed by atoms with Gasteiger partial charge in [0.05, 0.1) is 35.0 Å². The van der Waals surface area contributed by atoms with Gasteiger partial charge in [0.15, 0.2) is 17.3 Å². The number of hydrogen-bond acceptors (Lipinski definition) is 6. The second-order valence-corrected chi connectivity index (χ2v) is 5.62. The maximum absolute atomic E-state index is 12.6. The summed E-state index contributed by atoms with van der Waals surface area (Å²) >= 11 is 0. The Hall–Kier alpha value is -2.99. The van der Waals surface area contributed by atoms with Crippen LogP contribution in [0.2, 0.25) is 0 Å². The molecule has 6 nitrogen and oxygen atoms in total. The molecule has 0 N–H and O–H groups in total. The van der Waals surface area contributed by atoms with E-state index < -0.39 is 0 Å². The van der Waals surface area contributed by atoms with Gasteiger partial charge in [-0.3, -0.25) is 4.79 Å². The van der Waals surface area contributed by atoms with E-state index in [4.69, 9.17) is 23.7 Å². The average Bonchev–Trinajstić information content (AvgIpc) is 2.71. The minimum absolute atomic E-state index is 0.135. The standard InChI is InChI=1S/C21H24O6/c1-23-13-16-12-15(7-9-18(16)24-2)17(22)8-6-14-10-19(25-3)21(27-5)20(11-14)26-4/h6-12H,13H2,1-5H3. The van der Waals surface area contributed by atoms with Crippen LogP contribution in [0.25, 0.3) is 6.08 Å². The molecule has 0 spiro atoms. The van der Waals surface area contributed by atoms with Gasteiger partial charge in [-0.1, -0.05) is 6.08 Å². The van der Waals surface area contributed by atoms with Crippen LogP contribution in [0.15, 0.2) is 36.4 Å². The normalized spacial score (nSPS) is 10.7. The van der Waals surface area contributed by atoms with Gasteiger partial charge in [-0.2, -0.15) is 0 Å². The van der Waals surface area contributed by atoms with Crippen LogP contribution in [0.3, 0.4) is 0 Å². The molecule has 0 saturated heterocycles. The molecule has 0 amide bonds. The Kier molecular flexibility index (Phi) is 7.25. The molecule has 0 aliphatic carbocycles. The molecule has 2 aromatic carbocycles. The SMILES string of the molecule is COCc1cc(C(=O)C=Cc2cc(OC)c(OC)c(OC)c2)ccc1OC. The third-order valence-electron chi connectivity index (χ3n) is 3.98. The predicted molar refractivity (Wildman–Crippen MR) is 103 cm³/mol. The zero-order valence-corrected chi connectivity index (χ0v) is 16.2. The van der Waals surface area contributed by atoms with Crippen molar-refractivity contribution in [2.45, 2.75) is 6.61 Å². The van der Waals surface area contributed by atoms with E-state index in [0.29, 0.717) is 35.2 Å². The molecule has 144 valence electrons. The van der Waals surface area contributed by atoms with Crippen LogP contribution in [0, 0.1) is 0 Å². The number of carbonyl (C=O) groups excluding carboxylic acids is 1. The highest BCUT2D eigenvalue weighted by atomic mass is 16.5. The number of allylic oxidation sites excluding steroid dienone is 1. The van der Waals surface area contributed by atoms with Crippen molar-refractivity contribution < 1.29 is 28.5 Å². The van der Waals surface area contributed by atoms with Crippen LogP contribution in [-0.4, -0.2) is 41.3 Å². The summed E-state index contributed by atoms with van der Waals surface area (Å²) in [7, 11) is 7.81. The van der Waals surface area contributed by atoms with Gasteiger partial charge in [0.1, 0.15) is 5.75 Å². The Balaban J connectivity index is 2.30. The monoisotopic (exact) mass is 372 g/mol. The number of carbonyl (C=O) groups is 1. The average molecular weight is 372 g/mol. The lowest BCUT2D eigenvalue weighted by Crippen LogP contribution is -2.00. The quantitative estimate of drug-likeness (QED) is 0.493. The predicted octanol–water partition coefficient (Wildman–Crippen LogP) is 3.76. The summed E-state index contributed by atoms with van der Waals surface area (Å²) in [6, 6.07) is 8.80. The second-order valence-electron chi connectivity index (χ2n) is 5.62. The third-order valence-corrected chi connectivity index (χ3v) is 3.98. The number of hydrogen-bond donors (Lipinski definition) is 0. The van der Waals surface area contributed by atoms with Crippen LogP contribution in [0.5, 0.6) is 23.0 Å². The van der Waals surface area contributed by atoms with Crippen molar-refractivity contribution in [3.63, 3.8) is 0 Å². The van der Waals surface area contributed by atoms with Crippen molar-refractivity contribution in [2.24, 2.45) is 0 Å². The van der Waals surface area contributed by atoms with Gasteiger partial charge in [0.25, 0.3) is 0 Å². The fourth-order valence-corrected chi connectivity index (χ4v) is 2.67. The van der Waals surface area contributed by atoms with Crippen LogP contribution in [-0.2, 0) is 11.3 Å². The van der Waals surface area contributed by atoms with E-state index in [0.717, 1.165) is 11.1 Å². The van der Waals surface area contributed by atoms with Crippen molar-refractivity contribution in [1.82, 2.24) is 0 Å². The Morgan fingerprint density at radius 3 is 2.00 bits per heavy atom. The second kappa shape index (κ2) is 9.64. The van der Waals surface area contributed by atoms with Crippen molar-refractivity contribution in [2.75, 3.05) is 35.5 Å². The van der Waals surface area contributed by atoms with Gasteiger partial charge >= 0.3 is 0 Å². The number of rotatable bonds is 9. The van der Waals surface area contributed by atoms with Gasteiger partial charge in [0, 0.05) is 18.2 Å². The van der Waals surface area contributed by atoms with E-state index in [1.807, 2.05) is 0 Å². The maximum atomic E-state index is 12.6. The van der Waals surface area contributed by atoms with Crippen LogP contribution < -0.4 is 18.9 Å². The fourth-order valence-electron chi connectivity index (χ4n) is 2.67. The molecular weight excluding hydrogens is 348 g/mol. The molecule has 6 heteroatoms. The molecule has 2 aromatic rings. The Bertz CT molecular complexity index is 800. The zero-order valence-electron chi connectivity index (χ0n) is 16.2. The van der Waals surface area contributed by atoms with Crippen LogP contribution in [0.4, 0.5) is 0 Å². The molecule has 0 unspecified atom stereocenters. The van der Waals surface area contributed by atoms with E-state index in [9.17, 15) is 4.79 Å². The van der Waals surface area contributed by atoms with E-state index in [1.54, 1.807) is 72.0 Å². The molecule has 0 heterocycles. The van der Waals surface area contributed by atoms with Crippen molar-refractivity contribution >= 4 is 11.9 Å². The number of benzene rings is 2. The van der Waals surface area contributed by atoms with Gasteiger partial charge in [-0.25, -0.2) is 0 Å². The van der Waals surface area contributed by atoms with Crippen LogP contribution in [0.1, 0.15) is 21.5 Å². The van der Waals surface area contributed by atoms with Crippen molar-refractivity contribution in [3.8, 4) is 23.0 Å². The van der Waals surface area contributed by atoms with Gasteiger partial charge in [0.2, 0.25) is 5.75 Å². The molecule has 0 bridgehead atoms. The zero-order chi connectivity index (χ0) is 19.8. The largest absolute Gasteiger partial charge is 0.496 e. The number of ether oxygens (including phenoxy) is 5. The molecule has 0 aromatic heterocycles. The first kappa shape index (κ1) is 20.3. The Labute approximate surface area is 159 Å². The number of methoxy groups -OCH3 is 5. The highest BCUT2D eigenvalue weighted by Gasteiger charge is 2.13. The lowest BCUT2D eigenvalue weighted by Gasteiger charge is -2.12. The molecular formula is C21H24O6. The molecule has 2 rings (SSSR count). The summed E-state index contributed by atoms with van der Waals surface area (Å²) in [6.07, 6.45) is 3.20. The summed E-state index contributed by atoms with van der Waals surface area (Å²) in [5.74, 6) is 2.10. The van der Waals surface area contributed by atoms with Gasteiger partial charge in [-0.15, -0.1) is 0 Å². The first-order chi connectivity index (χ1) is 13.1. The summed E-state index contributed by atoms with van der Waals surface area (Å²) in [5.41, 5.74) is 2.11. The molecule has 0 saturated carbocycles. The third kappa shape index (κ3) is 4.80. The Morgan fingerprint density at radius 2 is 1.48 bits per heavy atom. The minimum Gasteiger partial charge on any atom is -0.496 e. The summed E-state index contributed by atoms with van der Waals surface area (Å²) in [6.45, 7) is 0.362. The topological polar surface area (TPSA) is 63.2 Å². The highest BCUT2D eigenvalue weighted by Crippen LogP contribution is 2.38. The minimum atomic E-state index is -0.135.